The Labute approximate surface area is 146 Å². The number of hydrogen-bond donors (Lipinski definition) is 0. The minimum atomic E-state index is -3.70. The summed E-state index contributed by atoms with van der Waals surface area (Å²) >= 11 is 6.32. The minimum absolute atomic E-state index is 0.0463. The van der Waals surface area contributed by atoms with E-state index in [1.807, 2.05) is 19.0 Å². The van der Waals surface area contributed by atoms with Crippen molar-refractivity contribution in [2.45, 2.75) is 16.5 Å². The van der Waals surface area contributed by atoms with E-state index in [-0.39, 0.29) is 9.92 Å². The largest absolute Gasteiger partial charge is 0.308 e. The number of fused-ring (bicyclic) bond motifs is 1. The zero-order chi connectivity index (χ0) is 17.3. The molecule has 126 valence electrons. The lowest BCUT2D eigenvalue weighted by Gasteiger charge is -2.10. The third kappa shape index (κ3) is 3.05. The van der Waals surface area contributed by atoms with Crippen LogP contribution in [0.25, 0.3) is 10.9 Å². The molecular formula is C17H18ClN3O2S. The Balaban J connectivity index is 2.21. The van der Waals surface area contributed by atoms with Crippen molar-refractivity contribution in [3.05, 3.63) is 53.6 Å². The summed E-state index contributed by atoms with van der Waals surface area (Å²) in [5, 5.41) is 5.47. The maximum atomic E-state index is 13.0. The fourth-order valence-electron chi connectivity index (χ4n) is 2.53. The van der Waals surface area contributed by atoms with E-state index in [9.17, 15) is 8.42 Å². The fraction of sp³-hybridized carbons (Fsp3) is 0.235. The molecule has 0 radical (unpaired) electrons. The molecule has 0 aliphatic heterocycles. The molecule has 1 aromatic heterocycles. The maximum Gasteiger partial charge on any atom is 0.226 e. The van der Waals surface area contributed by atoms with Crippen molar-refractivity contribution >= 4 is 32.3 Å². The van der Waals surface area contributed by atoms with Crippen molar-refractivity contribution in [2.75, 3.05) is 20.6 Å². The summed E-state index contributed by atoms with van der Waals surface area (Å²) in [6, 6.07) is 13.6. The van der Waals surface area contributed by atoms with Gasteiger partial charge in [0, 0.05) is 11.9 Å². The second-order valence-corrected chi connectivity index (χ2v) is 8.06. The summed E-state index contributed by atoms with van der Waals surface area (Å²) in [5.74, 6) is 0. The number of aromatic nitrogens is 2. The Morgan fingerprint density at radius 3 is 2.46 bits per heavy atom. The van der Waals surface area contributed by atoms with Gasteiger partial charge in [-0.3, -0.25) is 4.68 Å². The lowest BCUT2D eigenvalue weighted by Crippen LogP contribution is -2.19. The molecule has 3 aromatic rings. The van der Waals surface area contributed by atoms with Gasteiger partial charge in [0.15, 0.2) is 5.03 Å². The van der Waals surface area contributed by atoms with Crippen molar-refractivity contribution in [1.29, 1.82) is 0 Å². The molecule has 2 aromatic carbocycles. The van der Waals surface area contributed by atoms with Gasteiger partial charge in [-0.05, 0) is 38.4 Å². The van der Waals surface area contributed by atoms with Crippen LogP contribution < -0.4 is 0 Å². The summed E-state index contributed by atoms with van der Waals surface area (Å²) in [6.45, 7) is 1.28. The van der Waals surface area contributed by atoms with Gasteiger partial charge in [-0.25, -0.2) is 8.42 Å². The highest BCUT2D eigenvalue weighted by molar-refractivity contribution is 7.91. The summed E-state index contributed by atoms with van der Waals surface area (Å²) < 4.78 is 27.6. The van der Waals surface area contributed by atoms with Crippen LogP contribution >= 0.6 is 11.6 Å². The first-order chi connectivity index (χ1) is 11.4. The van der Waals surface area contributed by atoms with Crippen LogP contribution in [0.5, 0.6) is 0 Å². The van der Waals surface area contributed by atoms with E-state index in [4.69, 9.17) is 11.6 Å². The molecule has 0 amide bonds. The van der Waals surface area contributed by atoms with E-state index < -0.39 is 9.84 Å². The van der Waals surface area contributed by atoms with E-state index in [1.54, 1.807) is 53.2 Å². The van der Waals surface area contributed by atoms with Crippen LogP contribution in [0, 0.1) is 0 Å². The van der Waals surface area contributed by atoms with Gasteiger partial charge in [-0.1, -0.05) is 35.9 Å². The first-order valence-corrected chi connectivity index (χ1v) is 9.37. The minimum Gasteiger partial charge on any atom is -0.308 e. The lowest BCUT2D eigenvalue weighted by atomic mass is 10.2. The number of nitrogens with zero attached hydrogens (tertiary/aromatic N) is 3. The molecule has 5 nitrogen and oxygen atoms in total. The van der Waals surface area contributed by atoms with Gasteiger partial charge in [0.2, 0.25) is 9.84 Å². The van der Waals surface area contributed by atoms with E-state index in [0.717, 1.165) is 6.54 Å². The molecule has 0 saturated carbocycles. The van der Waals surface area contributed by atoms with Gasteiger partial charge in [0.05, 0.1) is 22.0 Å². The highest BCUT2D eigenvalue weighted by Crippen LogP contribution is 2.31. The Hall–Kier alpha value is -1.89. The molecule has 0 bridgehead atoms. The number of hydrogen-bond acceptors (Lipinski definition) is 4. The van der Waals surface area contributed by atoms with Crippen molar-refractivity contribution < 1.29 is 8.42 Å². The Morgan fingerprint density at radius 1 is 1.08 bits per heavy atom. The summed E-state index contributed by atoms with van der Waals surface area (Å²) in [5.41, 5.74) is 0.649. The molecule has 0 aliphatic rings. The average Bonchev–Trinajstić information content (AvgIpc) is 2.95. The third-order valence-corrected chi connectivity index (χ3v) is 5.76. The summed E-state index contributed by atoms with van der Waals surface area (Å²) in [7, 11) is 0.202. The van der Waals surface area contributed by atoms with Crippen LogP contribution in [0.2, 0.25) is 5.02 Å². The monoisotopic (exact) mass is 363 g/mol. The Morgan fingerprint density at radius 2 is 1.79 bits per heavy atom. The van der Waals surface area contributed by atoms with E-state index in [2.05, 4.69) is 5.10 Å². The predicted molar refractivity (Wildman–Crippen MR) is 95.2 cm³/mol. The van der Waals surface area contributed by atoms with Gasteiger partial charge in [0.1, 0.15) is 0 Å². The number of rotatable bonds is 5. The highest BCUT2D eigenvalue weighted by atomic mass is 35.5. The fourth-order valence-corrected chi connectivity index (χ4v) is 4.20. The molecule has 0 N–H and O–H groups in total. The van der Waals surface area contributed by atoms with Crippen molar-refractivity contribution in [1.82, 2.24) is 14.7 Å². The Bertz CT molecular complexity index is 966. The standard InChI is InChI=1S/C17H18ClN3O2S/c1-20(2)11-12-21-16-14(9-6-10-15(16)18)17(19-21)24(22,23)13-7-4-3-5-8-13/h3-10H,11-12H2,1-2H3. The van der Waals surface area contributed by atoms with Gasteiger partial charge in [-0.15, -0.1) is 0 Å². The van der Waals surface area contributed by atoms with Crippen LogP contribution in [0.4, 0.5) is 0 Å². The van der Waals surface area contributed by atoms with Crippen molar-refractivity contribution in [3.8, 4) is 0 Å². The van der Waals surface area contributed by atoms with Gasteiger partial charge < -0.3 is 4.90 Å². The smallest absolute Gasteiger partial charge is 0.226 e. The third-order valence-electron chi connectivity index (χ3n) is 3.75. The molecular weight excluding hydrogens is 346 g/mol. The number of benzene rings is 2. The van der Waals surface area contributed by atoms with Crippen molar-refractivity contribution in [3.63, 3.8) is 0 Å². The van der Waals surface area contributed by atoms with Crippen LogP contribution in [0.3, 0.4) is 0 Å². The summed E-state index contributed by atoms with van der Waals surface area (Å²) in [4.78, 5) is 2.24. The second-order valence-electron chi connectivity index (χ2n) is 5.78. The highest BCUT2D eigenvalue weighted by Gasteiger charge is 2.26. The van der Waals surface area contributed by atoms with E-state index >= 15 is 0 Å². The molecule has 0 saturated heterocycles. The van der Waals surface area contributed by atoms with Crippen LogP contribution in [0.15, 0.2) is 58.5 Å². The first-order valence-electron chi connectivity index (χ1n) is 7.51. The van der Waals surface area contributed by atoms with Crippen molar-refractivity contribution in [2.24, 2.45) is 0 Å². The predicted octanol–water partition coefficient (Wildman–Crippen LogP) is 3.08. The average molecular weight is 364 g/mol. The molecule has 7 heteroatoms. The molecule has 1 heterocycles. The molecule has 3 rings (SSSR count). The first kappa shape index (κ1) is 17.0. The van der Waals surface area contributed by atoms with Crippen LogP contribution in [-0.4, -0.2) is 43.7 Å². The number of likely N-dealkylation sites (N-methyl/N-ethyl adjacent to an activating group) is 1. The SMILES string of the molecule is CN(C)CCn1nc(S(=O)(=O)c2ccccc2)c2cccc(Cl)c21. The topological polar surface area (TPSA) is 55.2 Å². The summed E-state index contributed by atoms with van der Waals surface area (Å²) in [6.07, 6.45) is 0. The van der Waals surface area contributed by atoms with Crippen LogP contribution in [-0.2, 0) is 16.4 Å². The quantitative estimate of drug-likeness (QED) is 0.699. The number of sulfone groups is 1. The Kier molecular flexibility index (Phi) is 4.62. The zero-order valence-corrected chi connectivity index (χ0v) is 15.0. The van der Waals surface area contributed by atoms with E-state index in [0.29, 0.717) is 22.5 Å². The van der Waals surface area contributed by atoms with Crippen LogP contribution in [0.1, 0.15) is 0 Å². The molecule has 0 atom stereocenters. The molecule has 0 fully saturated rings. The van der Waals surface area contributed by atoms with Gasteiger partial charge in [-0.2, -0.15) is 5.10 Å². The maximum absolute atomic E-state index is 13.0. The number of para-hydroxylation sites is 1. The lowest BCUT2D eigenvalue weighted by molar-refractivity contribution is 0.375. The zero-order valence-electron chi connectivity index (χ0n) is 13.5. The number of halogens is 1. The second kappa shape index (κ2) is 6.55. The van der Waals surface area contributed by atoms with Gasteiger partial charge >= 0.3 is 0 Å². The van der Waals surface area contributed by atoms with Gasteiger partial charge in [0.25, 0.3) is 0 Å². The molecule has 0 spiro atoms. The molecule has 0 unspecified atom stereocenters. The normalized spacial score (nSPS) is 12.2. The molecule has 0 aliphatic carbocycles. The molecule has 24 heavy (non-hydrogen) atoms. The van der Waals surface area contributed by atoms with E-state index in [1.165, 1.54) is 0 Å².